The van der Waals surface area contributed by atoms with Crippen molar-refractivity contribution in [3.63, 3.8) is 0 Å². The Morgan fingerprint density at radius 2 is 1.81 bits per heavy atom. The van der Waals surface area contributed by atoms with Gasteiger partial charge < -0.3 is 20.5 Å². The van der Waals surface area contributed by atoms with Crippen molar-refractivity contribution in [2.75, 3.05) is 11.9 Å². The fraction of sp³-hybridized carbons (Fsp3) is 0.304. The Kier molecular flexibility index (Phi) is 7.89. The molecule has 3 aromatic rings. The minimum absolute atomic E-state index is 0.370. The number of rotatable bonds is 10. The van der Waals surface area contributed by atoms with E-state index in [0.29, 0.717) is 37.1 Å². The number of hydrogen-bond acceptors (Lipinski definition) is 7. The molecule has 0 radical (unpaired) electrons. The molecule has 1 amide bonds. The number of hydrogen-bond donors (Lipinski definition) is 3. The monoisotopic (exact) mass is 421 g/mol. The van der Waals surface area contributed by atoms with Crippen LogP contribution < -0.4 is 15.4 Å². The first-order valence-corrected chi connectivity index (χ1v) is 10.3. The van der Waals surface area contributed by atoms with Crippen molar-refractivity contribution in [3.8, 4) is 11.6 Å². The number of pyridine rings is 1. The fourth-order valence-electron chi connectivity index (χ4n) is 2.75. The van der Waals surface area contributed by atoms with E-state index in [2.05, 4.69) is 32.5 Å². The number of nitrogens with zero attached hydrogens (tertiary/aromatic N) is 3. The molecule has 0 saturated heterocycles. The maximum atomic E-state index is 11.4. The molecular formula is C23H27N5O3. The molecule has 1 aromatic carbocycles. The third kappa shape index (κ3) is 7.04. The lowest BCUT2D eigenvalue weighted by Crippen LogP contribution is -2.33. The number of benzene rings is 1. The molecule has 3 N–H and O–H groups in total. The number of aryl methyl sites for hydroxylation is 1. The Balaban J connectivity index is 1.51. The maximum absolute atomic E-state index is 11.4. The van der Waals surface area contributed by atoms with E-state index in [0.717, 1.165) is 23.1 Å². The highest BCUT2D eigenvalue weighted by Gasteiger charge is 2.07. The number of aliphatic hydroxyl groups is 1. The first kappa shape index (κ1) is 22.2. The Morgan fingerprint density at radius 3 is 2.48 bits per heavy atom. The summed E-state index contributed by atoms with van der Waals surface area (Å²) in [6, 6.07) is 11.4. The molecule has 8 heteroatoms. The van der Waals surface area contributed by atoms with Crippen LogP contribution in [0.4, 0.5) is 5.95 Å². The summed E-state index contributed by atoms with van der Waals surface area (Å²) >= 11 is 0. The Labute approximate surface area is 181 Å². The van der Waals surface area contributed by atoms with Crippen LogP contribution in [0.1, 0.15) is 30.5 Å². The predicted molar refractivity (Wildman–Crippen MR) is 118 cm³/mol. The number of carbonyl (C=O) groups excluding carboxylic acids is 1. The van der Waals surface area contributed by atoms with Gasteiger partial charge in [0.05, 0.1) is 0 Å². The third-order valence-corrected chi connectivity index (χ3v) is 4.60. The van der Waals surface area contributed by atoms with Gasteiger partial charge in [-0.25, -0.2) is 15.0 Å². The molecule has 0 fully saturated rings. The molecule has 0 saturated carbocycles. The quantitative estimate of drug-likeness (QED) is 0.462. The fourth-order valence-corrected chi connectivity index (χ4v) is 2.75. The molecule has 0 aliphatic heterocycles. The van der Waals surface area contributed by atoms with E-state index in [1.807, 2.05) is 48.8 Å². The second kappa shape index (κ2) is 11.0. The molecule has 1 unspecified atom stereocenters. The molecule has 0 spiro atoms. The Hall–Kier alpha value is -3.52. The number of amides is 1. The van der Waals surface area contributed by atoms with Crippen LogP contribution in [0.3, 0.4) is 0 Å². The van der Waals surface area contributed by atoms with Crippen molar-refractivity contribution in [3.05, 3.63) is 71.7 Å². The lowest BCUT2D eigenvalue weighted by Gasteiger charge is -2.09. The zero-order valence-electron chi connectivity index (χ0n) is 17.7. The predicted octanol–water partition coefficient (Wildman–Crippen LogP) is 2.88. The van der Waals surface area contributed by atoms with E-state index in [4.69, 9.17) is 4.74 Å². The smallest absolute Gasteiger partial charge is 0.248 e. The van der Waals surface area contributed by atoms with Crippen molar-refractivity contribution < 1.29 is 14.6 Å². The van der Waals surface area contributed by atoms with Crippen LogP contribution in [0.5, 0.6) is 11.6 Å². The van der Waals surface area contributed by atoms with Gasteiger partial charge in [0, 0.05) is 37.7 Å². The molecule has 31 heavy (non-hydrogen) atoms. The minimum Gasteiger partial charge on any atom is -0.439 e. The maximum Gasteiger partial charge on any atom is 0.248 e. The standard InChI is InChI=1S/C23H27N5O3/c1-3-17-13-26-23(27-14-17)28-15-19-9-10-24-21(12-19)31-20-6-4-18(5-7-20)8-11-25-22(30)16(2)29/h4-7,9-10,12-14,16,29H,3,8,11,15H2,1-2H3,(H,25,30)(H,26,27,28). The number of aromatic nitrogens is 3. The van der Waals surface area contributed by atoms with E-state index in [1.54, 1.807) is 6.20 Å². The van der Waals surface area contributed by atoms with Gasteiger partial charge in [0.15, 0.2) is 0 Å². The van der Waals surface area contributed by atoms with Gasteiger partial charge in [-0.1, -0.05) is 19.1 Å². The van der Waals surface area contributed by atoms with Crippen LogP contribution in [0.15, 0.2) is 55.0 Å². The summed E-state index contributed by atoms with van der Waals surface area (Å²) in [5.41, 5.74) is 3.15. The molecule has 1 atom stereocenters. The number of anilines is 1. The van der Waals surface area contributed by atoms with Crippen LogP contribution in [-0.4, -0.2) is 38.6 Å². The average molecular weight is 422 g/mol. The van der Waals surface area contributed by atoms with Gasteiger partial charge in [-0.05, 0) is 54.7 Å². The van der Waals surface area contributed by atoms with Crippen molar-refractivity contribution >= 4 is 11.9 Å². The van der Waals surface area contributed by atoms with Crippen molar-refractivity contribution in [2.45, 2.75) is 39.3 Å². The SMILES string of the molecule is CCc1cnc(NCc2ccnc(Oc3ccc(CCNC(=O)C(C)O)cc3)c2)nc1. The zero-order chi connectivity index (χ0) is 22.1. The number of nitrogens with one attached hydrogen (secondary N) is 2. The van der Waals surface area contributed by atoms with Crippen LogP contribution >= 0.6 is 0 Å². The molecule has 2 heterocycles. The van der Waals surface area contributed by atoms with E-state index in [-0.39, 0.29) is 5.91 Å². The topological polar surface area (TPSA) is 109 Å². The number of ether oxygens (including phenoxy) is 1. The molecule has 3 rings (SSSR count). The molecule has 162 valence electrons. The summed E-state index contributed by atoms with van der Waals surface area (Å²) in [5, 5.41) is 15.1. The van der Waals surface area contributed by atoms with Gasteiger partial charge in [0.2, 0.25) is 17.7 Å². The number of carbonyl (C=O) groups is 1. The van der Waals surface area contributed by atoms with Crippen LogP contribution in [0.25, 0.3) is 0 Å². The van der Waals surface area contributed by atoms with Gasteiger partial charge in [0.25, 0.3) is 0 Å². The van der Waals surface area contributed by atoms with E-state index in [9.17, 15) is 9.90 Å². The summed E-state index contributed by atoms with van der Waals surface area (Å²) in [6.07, 6.45) is 5.92. The highest BCUT2D eigenvalue weighted by Crippen LogP contribution is 2.21. The Morgan fingerprint density at radius 1 is 1.06 bits per heavy atom. The lowest BCUT2D eigenvalue weighted by atomic mass is 10.1. The average Bonchev–Trinajstić information content (AvgIpc) is 2.79. The summed E-state index contributed by atoms with van der Waals surface area (Å²) in [4.78, 5) is 24.2. The highest BCUT2D eigenvalue weighted by molar-refractivity contribution is 5.79. The molecule has 0 aliphatic rings. The molecular weight excluding hydrogens is 394 g/mol. The van der Waals surface area contributed by atoms with Crippen molar-refractivity contribution in [2.24, 2.45) is 0 Å². The first-order chi connectivity index (χ1) is 15.0. The first-order valence-electron chi connectivity index (χ1n) is 10.3. The van der Waals surface area contributed by atoms with Crippen molar-refractivity contribution in [1.82, 2.24) is 20.3 Å². The van der Waals surface area contributed by atoms with E-state index >= 15 is 0 Å². The summed E-state index contributed by atoms with van der Waals surface area (Å²) < 4.78 is 5.86. The largest absolute Gasteiger partial charge is 0.439 e. The molecule has 0 bridgehead atoms. The van der Waals surface area contributed by atoms with Crippen LogP contribution in [0.2, 0.25) is 0 Å². The van der Waals surface area contributed by atoms with Gasteiger partial charge in [-0.3, -0.25) is 4.79 Å². The van der Waals surface area contributed by atoms with Gasteiger partial charge in [0.1, 0.15) is 11.9 Å². The number of aliphatic hydroxyl groups excluding tert-OH is 1. The Bertz CT molecular complexity index is 975. The van der Waals surface area contributed by atoms with Crippen molar-refractivity contribution in [1.29, 1.82) is 0 Å². The molecule has 2 aromatic heterocycles. The summed E-state index contributed by atoms with van der Waals surface area (Å²) in [7, 11) is 0. The van der Waals surface area contributed by atoms with Gasteiger partial charge >= 0.3 is 0 Å². The minimum atomic E-state index is -0.997. The molecule has 8 nitrogen and oxygen atoms in total. The van der Waals surface area contributed by atoms with E-state index in [1.165, 1.54) is 6.92 Å². The van der Waals surface area contributed by atoms with E-state index < -0.39 is 6.10 Å². The highest BCUT2D eigenvalue weighted by atomic mass is 16.5. The third-order valence-electron chi connectivity index (χ3n) is 4.60. The summed E-state index contributed by atoms with van der Waals surface area (Å²) in [6.45, 7) is 4.53. The van der Waals surface area contributed by atoms with Gasteiger partial charge in [-0.2, -0.15) is 0 Å². The van der Waals surface area contributed by atoms with Crippen LogP contribution in [0, 0.1) is 0 Å². The molecule has 0 aliphatic carbocycles. The van der Waals surface area contributed by atoms with Gasteiger partial charge in [-0.15, -0.1) is 0 Å². The zero-order valence-corrected chi connectivity index (χ0v) is 17.7. The normalized spacial score (nSPS) is 11.6. The lowest BCUT2D eigenvalue weighted by molar-refractivity contribution is -0.128. The second-order valence-corrected chi connectivity index (χ2v) is 7.09. The van der Waals surface area contributed by atoms with Crippen LogP contribution in [-0.2, 0) is 24.2 Å². The summed E-state index contributed by atoms with van der Waals surface area (Å²) in [5.74, 6) is 1.38. The second-order valence-electron chi connectivity index (χ2n) is 7.09.